The molecule has 0 unspecified atom stereocenters. The van der Waals surface area contributed by atoms with E-state index in [1.165, 1.54) is 4.88 Å². The van der Waals surface area contributed by atoms with Crippen molar-refractivity contribution >= 4 is 69.1 Å². The van der Waals surface area contributed by atoms with Crippen molar-refractivity contribution in [3.05, 3.63) is 116 Å². The number of nitrogens with zero attached hydrogens (tertiary/aromatic N) is 5. The Hall–Kier alpha value is -3.91. The molecule has 5 aromatic rings. The normalized spacial score (nSPS) is 15.8. The van der Waals surface area contributed by atoms with Gasteiger partial charge >= 0.3 is 0 Å². The Balaban J connectivity index is 1.49. The van der Waals surface area contributed by atoms with Crippen molar-refractivity contribution in [2.75, 3.05) is 10.2 Å². The highest BCUT2D eigenvalue weighted by Crippen LogP contribution is 2.49. The van der Waals surface area contributed by atoms with E-state index in [4.69, 9.17) is 38.3 Å². The van der Waals surface area contributed by atoms with Gasteiger partial charge in [0, 0.05) is 26.2 Å². The topological polar surface area (TPSA) is 57.8 Å². The molecule has 0 radical (unpaired) electrons. The monoisotopic (exact) mass is 554 g/mol. The standard InChI is InChI=1S/C29H20Cl2N6S/c1-17-25-26(24-12-7-13-38-24)36-23-11-6-5-10-22(23)33-27(32-20-15-18(30)14-19(31)16-20)29(36)34-28(25)37(35-17)21-8-3-2-4-9-21/h2-16,26H,1H3,(H,32,33)/t26-/m0/s1. The first-order valence-electron chi connectivity index (χ1n) is 12.0. The highest BCUT2D eigenvalue weighted by Gasteiger charge is 2.41. The van der Waals surface area contributed by atoms with E-state index in [2.05, 4.69) is 40.7 Å². The molecule has 3 aromatic carbocycles. The number of benzene rings is 3. The number of anilines is 2. The molecule has 0 saturated carbocycles. The van der Waals surface area contributed by atoms with Crippen LogP contribution < -0.4 is 10.2 Å². The molecule has 2 aliphatic rings. The second-order valence-corrected chi connectivity index (χ2v) is 10.9. The SMILES string of the molecule is Cc1nn(-c2ccccc2)c2c1[C@H](c1cccs1)N1C(=N2)C(Nc2cc(Cl)cc(Cl)c2)=Nc2ccccc21. The minimum Gasteiger partial charge on any atom is -0.337 e. The van der Waals surface area contributed by atoms with Gasteiger partial charge in [0.05, 0.1) is 22.8 Å². The average molecular weight is 555 g/mol. The highest BCUT2D eigenvalue weighted by atomic mass is 35.5. The molecule has 1 N–H and O–H groups in total. The molecule has 7 rings (SSSR count). The average Bonchev–Trinajstić information content (AvgIpc) is 3.56. The van der Waals surface area contributed by atoms with Gasteiger partial charge in [-0.05, 0) is 60.8 Å². The summed E-state index contributed by atoms with van der Waals surface area (Å²) in [5.74, 6) is 2.09. The lowest BCUT2D eigenvalue weighted by molar-refractivity contribution is 0.830. The van der Waals surface area contributed by atoms with Crippen LogP contribution in [0.15, 0.2) is 100 Å². The molecule has 1 atom stereocenters. The number of thiophene rings is 1. The molecule has 0 bridgehead atoms. The molecule has 4 heterocycles. The van der Waals surface area contributed by atoms with Crippen molar-refractivity contribution in [1.29, 1.82) is 0 Å². The molecule has 9 heteroatoms. The number of aromatic nitrogens is 2. The number of nitrogens with one attached hydrogen (secondary N) is 1. The van der Waals surface area contributed by atoms with Crippen molar-refractivity contribution in [1.82, 2.24) is 9.78 Å². The van der Waals surface area contributed by atoms with Gasteiger partial charge in [-0.3, -0.25) is 0 Å². The second kappa shape index (κ2) is 9.13. The van der Waals surface area contributed by atoms with E-state index in [0.29, 0.717) is 21.7 Å². The van der Waals surface area contributed by atoms with Crippen LogP contribution in [0.3, 0.4) is 0 Å². The Bertz CT molecular complexity index is 1720. The van der Waals surface area contributed by atoms with Crippen LogP contribution in [0.5, 0.6) is 0 Å². The van der Waals surface area contributed by atoms with E-state index in [0.717, 1.165) is 39.8 Å². The van der Waals surface area contributed by atoms with Gasteiger partial charge in [-0.25, -0.2) is 14.7 Å². The largest absolute Gasteiger partial charge is 0.337 e. The molecule has 0 aliphatic carbocycles. The minimum absolute atomic E-state index is 0.133. The summed E-state index contributed by atoms with van der Waals surface area (Å²) in [6.07, 6.45) is 0. The van der Waals surface area contributed by atoms with Gasteiger partial charge in [0.2, 0.25) is 0 Å². The molecule has 38 heavy (non-hydrogen) atoms. The molecule has 0 saturated heterocycles. The number of halogens is 2. The van der Waals surface area contributed by atoms with E-state index in [1.54, 1.807) is 17.4 Å². The zero-order valence-electron chi connectivity index (χ0n) is 20.1. The van der Waals surface area contributed by atoms with Crippen LogP contribution in [-0.2, 0) is 0 Å². The highest BCUT2D eigenvalue weighted by molar-refractivity contribution is 7.10. The molecular weight excluding hydrogens is 535 g/mol. The molecule has 2 aromatic heterocycles. The van der Waals surface area contributed by atoms with Gasteiger partial charge in [-0.15, -0.1) is 11.3 Å². The second-order valence-electron chi connectivity index (χ2n) is 9.03. The Morgan fingerprint density at radius 1 is 0.868 bits per heavy atom. The van der Waals surface area contributed by atoms with E-state index in [-0.39, 0.29) is 6.04 Å². The van der Waals surface area contributed by atoms with Crippen molar-refractivity contribution in [2.45, 2.75) is 13.0 Å². The van der Waals surface area contributed by atoms with Crippen LogP contribution in [0.1, 0.15) is 22.2 Å². The molecular formula is C29H20Cl2N6S. The molecule has 2 aliphatic heterocycles. The van der Waals surface area contributed by atoms with E-state index >= 15 is 0 Å². The van der Waals surface area contributed by atoms with Crippen molar-refractivity contribution in [2.24, 2.45) is 9.98 Å². The summed E-state index contributed by atoms with van der Waals surface area (Å²) >= 11 is 14.4. The van der Waals surface area contributed by atoms with Crippen molar-refractivity contribution in [3.8, 4) is 5.69 Å². The maximum atomic E-state index is 6.32. The summed E-state index contributed by atoms with van der Waals surface area (Å²) in [7, 11) is 0. The maximum absolute atomic E-state index is 6.32. The quantitative estimate of drug-likeness (QED) is 0.244. The lowest BCUT2D eigenvalue weighted by atomic mass is 9.98. The van der Waals surface area contributed by atoms with E-state index in [9.17, 15) is 0 Å². The van der Waals surface area contributed by atoms with Gasteiger partial charge in [0.15, 0.2) is 17.5 Å². The Kier molecular flexibility index (Phi) is 5.58. The first-order chi connectivity index (χ1) is 18.6. The van der Waals surface area contributed by atoms with E-state index < -0.39 is 0 Å². The van der Waals surface area contributed by atoms with Gasteiger partial charge < -0.3 is 10.2 Å². The fourth-order valence-corrected chi connectivity index (χ4v) is 6.38. The summed E-state index contributed by atoms with van der Waals surface area (Å²) in [4.78, 5) is 13.7. The lowest BCUT2D eigenvalue weighted by Gasteiger charge is -2.40. The summed E-state index contributed by atoms with van der Waals surface area (Å²) in [6, 6.07) is 27.7. The van der Waals surface area contributed by atoms with Crippen LogP contribution in [0.25, 0.3) is 5.69 Å². The van der Waals surface area contributed by atoms with Crippen LogP contribution in [-0.4, -0.2) is 21.5 Å². The smallest absolute Gasteiger partial charge is 0.179 e. The molecule has 0 amide bonds. The van der Waals surface area contributed by atoms with Gasteiger partial charge in [0.25, 0.3) is 0 Å². The third kappa shape index (κ3) is 3.82. The van der Waals surface area contributed by atoms with Crippen molar-refractivity contribution < 1.29 is 0 Å². The number of aliphatic imine (C=N–C) groups is 2. The fraction of sp³-hybridized carbons (Fsp3) is 0.0690. The Morgan fingerprint density at radius 3 is 2.39 bits per heavy atom. The van der Waals surface area contributed by atoms with Gasteiger partial charge in [-0.1, -0.05) is 59.6 Å². The zero-order chi connectivity index (χ0) is 25.8. The lowest BCUT2D eigenvalue weighted by Crippen LogP contribution is -2.46. The van der Waals surface area contributed by atoms with Gasteiger partial charge in [0.1, 0.15) is 6.04 Å². The minimum atomic E-state index is -0.133. The summed E-state index contributed by atoms with van der Waals surface area (Å²) < 4.78 is 1.92. The third-order valence-corrected chi connectivity index (χ3v) is 7.94. The summed E-state index contributed by atoms with van der Waals surface area (Å²) in [5.41, 5.74) is 5.51. The number of hydrogen-bond acceptors (Lipinski definition) is 6. The maximum Gasteiger partial charge on any atom is 0.179 e. The Labute approximate surface area is 233 Å². The first-order valence-corrected chi connectivity index (χ1v) is 13.7. The summed E-state index contributed by atoms with van der Waals surface area (Å²) in [5, 5.41) is 11.6. The van der Waals surface area contributed by atoms with Crippen LogP contribution in [0.2, 0.25) is 10.0 Å². The van der Waals surface area contributed by atoms with E-state index in [1.807, 2.05) is 65.3 Å². The van der Waals surface area contributed by atoms with Crippen LogP contribution in [0, 0.1) is 6.92 Å². The third-order valence-electron chi connectivity index (χ3n) is 6.58. The fourth-order valence-electron chi connectivity index (χ4n) is 5.03. The number of para-hydroxylation sites is 3. The predicted octanol–water partition coefficient (Wildman–Crippen LogP) is 8.34. The zero-order valence-corrected chi connectivity index (χ0v) is 22.5. The Morgan fingerprint density at radius 2 is 1.63 bits per heavy atom. The number of aryl methyl sites for hydroxylation is 1. The van der Waals surface area contributed by atoms with Gasteiger partial charge in [-0.2, -0.15) is 5.10 Å². The van der Waals surface area contributed by atoms with Crippen LogP contribution >= 0.6 is 34.5 Å². The number of rotatable bonds is 3. The molecule has 186 valence electrons. The number of fused-ring (bicyclic) bond motifs is 4. The van der Waals surface area contributed by atoms with Crippen LogP contribution in [0.4, 0.5) is 22.9 Å². The molecule has 0 fully saturated rings. The molecule has 0 spiro atoms. The first kappa shape index (κ1) is 23.2. The molecule has 6 nitrogen and oxygen atoms in total. The summed E-state index contributed by atoms with van der Waals surface area (Å²) in [6.45, 7) is 2.05. The predicted molar refractivity (Wildman–Crippen MR) is 158 cm³/mol. The number of hydrogen-bond donors (Lipinski definition) is 1. The van der Waals surface area contributed by atoms with Crippen molar-refractivity contribution in [3.63, 3.8) is 0 Å². The number of amidine groups is 2.